The van der Waals surface area contributed by atoms with E-state index in [1.165, 1.54) is 37.0 Å². The molecule has 2 heterocycles. The zero-order chi connectivity index (χ0) is 25.3. The Morgan fingerprint density at radius 1 is 0.474 bits per heavy atom. The first-order valence-corrected chi connectivity index (χ1v) is 13.5. The third kappa shape index (κ3) is 4.03. The van der Waals surface area contributed by atoms with Gasteiger partial charge in [0.1, 0.15) is 0 Å². The normalized spacial score (nSPS) is 11.2. The molecule has 0 saturated heterocycles. The quantitative estimate of drug-likeness (QED) is 0.232. The zero-order valence-corrected chi connectivity index (χ0v) is 21.5. The minimum absolute atomic E-state index is 1.05. The number of hydrogen-bond donors (Lipinski definition) is 0. The molecule has 38 heavy (non-hydrogen) atoms. The Labute approximate surface area is 226 Å². The van der Waals surface area contributed by atoms with Gasteiger partial charge < -0.3 is 4.90 Å². The lowest BCUT2D eigenvalue weighted by atomic mass is 10.0. The van der Waals surface area contributed by atoms with Crippen LogP contribution in [0.1, 0.15) is 0 Å². The van der Waals surface area contributed by atoms with Crippen LogP contribution in [-0.2, 0) is 0 Å². The summed E-state index contributed by atoms with van der Waals surface area (Å²) in [5.41, 5.74) is 9.25. The largest absolute Gasteiger partial charge is 0.309 e. The molecule has 0 fully saturated rings. The molecule has 0 unspecified atom stereocenters. The third-order valence-electron chi connectivity index (χ3n) is 6.94. The number of fused-ring (bicyclic) bond motifs is 3. The summed E-state index contributed by atoms with van der Waals surface area (Å²) in [7, 11) is 0. The molecular weight excluding hydrogens is 480 g/mol. The number of pyridine rings is 1. The molecule has 0 radical (unpaired) electrons. The molecular formula is C35H24N2S. The number of nitrogens with zero attached hydrogens (tertiary/aromatic N) is 2. The summed E-state index contributed by atoms with van der Waals surface area (Å²) in [6.45, 7) is 0. The minimum atomic E-state index is 1.05. The van der Waals surface area contributed by atoms with Crippen molar-refractivity contribution in [3.8, 4) is 22.3 Å². The molecule has 7 rings (SSSR count). The summed E-state index contributed by atoms with van der Waals surface area (Å²) < 4.78 is 2.44. The lowest BCUT2D eigenvalue weighted by Crippen LogP contribution is -2.10. The van der Waals surface area contributed by atoms with Crippen LogP contribution in [0.3, 0.4) is 0 Å². The first-order valence-electron chi connectivity index (χ1n) is 12.7. The lowest BCUT2D eigenvalue weighted by Gasteiger charge is -2.26. The predicted octanol–water partition coefficient (Wildman–Crippen LogP) is 10.3. The Morgan fingerprint density at radius 3 is 1.55 bits per heavy atom. The highest BCUT2D eigenvalue weighted by atomic mass is 32.1. The third-order valence-corrected chi connectivity index (χ3v) is 8.13. The topological polar surface area (TPSA) is 16.1 Å². The fourth-order valence-corrected chi connectivity index (χ4v) is 6.23. The van der Waals surface area contributed by atoms with Gasteiger partial charge in [-0.2, -0.15) is 0 Å². The van der Waals surface area contributed by atoms with Gasteiger partial charge in [0.25, 0.3) is 0 Å². The van der Waals surface area contributed by atoms with E-state index in [4.69, 9.17) is 4.98 Å². The van der Waals surface area contributed by atoms with Crippen molar-refractivity contribution < 1.29 is 0 Å². The number of aromatic nitrogens is 1. The molecule has 0 atom stereocenters. The number of benzene rings is 5. The van der Waals surface area contributed by atoms with Crippen molar-refractivity contribution >= 4 is 48.7 Å². The van der Waals surface area contributed by atoms with Crippen LogP contribution in [-0.4, -0.2) is 4.98 Å². The fraction of sp³-hybridized carbons (Fsp3) is 0. The van der Waals surface area contributed by atoms with Gasteiger partial charge in [-0.3, -0.25) is 4.98 Å². The number of hydrogen-bond acceptors (Lipinski definition) is 3. The van der Waals surface area contributed by atoms with Gasteiger partial charge in [0.15, 0.2) is 0 Å². The Kier molecular flexibility index (Phi) is 5.69. The Balaban J connectivity index is 1.39. The highest BCUT2D eigenvalue weighted by Gasteiger charge is 2.18. The van der Waals surface area contributed by atoms with Crippen LogP contribution in [0.15, 0.2) is 146 Å². The molecule has 3 heteroatoms. The van der Waals surface area contributed by atoms with Gasteiger partial charge in [0, 0.05) is 27.7 Å². The number of anilines is 3. The van der Waals surface area contributed by atoms with E-state index in [1.807, 2.05) is 6.20 Å². The van der Waals surface area contributed by atoms with Crippen LogP contribution >= 0.6 is 11.3 Å². The zero-order valence-electron chi connectivity index (χ0n) is 20.7. The van der Waals surface area contributed by atoms with Crippen molar-refractivity contribution in [1.29, 1.82) is 0 Å². The maximum absolute atomic E-state index is 4.79. The van der Waals surface area contributed by atoms with Crippen molar-refractivity contribution in [3.05, 3.63) is 146 Å². The molecule has 7 aromatic rings. The van der Waals surface area contributed by atoms with Gasteiger partial charge in [0.05, 0.1) is 15.9 Å². The first kappa shape index (κ1) is 22.5. The second kappa shape index (κ2) is 9.62. The summed E-state index contributed by atoms with van der Waals surface area (Å²) >= 11 is 1.80. The second-order valence-corrected chi connectivity index (χ2v) is 10.3. The Bertz CT molecular complexity index is 1760. The van der Waals surface area contributed by atoms with E-state index >= 15 is 0 Å². The van der Waals surface area contributed by atoms with Crippen LogP contribution in [0.4, 0.5) is 17.1 Å². The molecule has 2 nitrogen and oxygen atoms in total. The monoisotopic (exact) mass is 504 g/mol. The highest BCUT2D eigenvalue weighted by molar-refractivity contribution is 7.26. The minimum Gasteiger partial charge on any atom is -0.309 e. The number of thiophene rings is 1. The van der Waals surface area contributed by atoms with Crippen molar-refractivity contribution in [1.82, 2.24) is 4.98 Å². The van der Waals surface area contributed by atoms with E-state index in [1.54, 1.807) is 11.3 Å². The smallest absolute Gasteiger partial charge is 0.0909 e. The average Bonchev–Trinajstić information content (AvgIpc) is 3.39. The van der Waals surface area contributed by atoms with Crippen molar-refractivity contribution in [3.63, 3.8) is 0 Å². The molecule has 0 N–H and O–H groups in total. The van der Waals surface area contributed by atoms with Gasteiger partial charge >= 0.3 is 0 Å². The molecule has 180 valence electrons. The molecule has 0 amide bonds. The lowest BCUT2D eigenvalue weighted by molar-refractivity contribution is 1.29. The van der Waals surface area contributed by atoms with Gasteiger partial charge in [0.2, 0.25) is 0 Å². The summed E-state index contributed by atoms with van der Waals surface area (Å²) in [6, 6.07) is 49.4. The summed E-state index contributed by atoms with van der Waals surface area (Å²) in [5.74, 6) is 0. The summed E-state index contributed by atoms with van der Waals surface area (Å²) in [5, 5.41) is 1.20. The van der Waals surface area contributed by atoms with Crippen molar-refractivity contribution in [2.24, 2.45) is 0 Å². The van der Waals surface area contributed by atoms with Crippen LogP contribution in [0.2, 0.25) is 0 Å². The van der Waals surface area contributed by atoms with E-state index in [0.29, 0.717) is 0 Å². The molecule has 2 aromatic heterocycles. The van der Waals surface area contributed by atoms with E-state index in [-0.39, 0.29) is 0 Å². The van der Waals surface area contributed by atoms with E-state index in [0.717, 1.165) is 22.6 Å². The SMILES string of the molecule is c1ccc(-c2ccc(N(c3ccc(-c4ccccc4)cc3)c3ccnc4c3sc3ccccc34)cc2)cc1. The molecule has 0 spiro atoms. The van der Waals surface area contributed by atoms with Crippen LogP contribution in [0, 0.1) is 0 Å². The fourth-order valence-electron chi connectivity index (χ4n) is 5.06. The molecule has 0 bridgehead atoms. The van der Waals surface area contributed by atoms with Gasteiger partial charge in [-0.1, -0.05) is 103 Å². The Hall–Kier alpha value is -4.73. The average molecular weight is 505 g/mol. The highest BCUT2D eigenvalue weighted by Crippen LogP contribution is 2.44. The first-order chi connectivity index (χ1) is 18.8. The molecule has 0 saturated carbocycles. The van der Waals surface area contributed by atoms with E-state index in [9.17, 15) is 0 Å². The Morgan fingerprint density at radius 2 is 0.974 bits per heavy atom. The molecule has 0 aliphatic rings. The predicted molar refractivity (Wildman–Crippen MR) is 163 cm³/mol. The van der Waals surface area contributed by atoms with Crippen molar-refractivity contribution in [2.45, 2.75) is 0 Å². The second-order valence-electron chi connectivity index (χ2n) is 9.27. The molecule has 0 aliphatic heterocycles. The summed E-state index contributed by atoms with van der Waals surface area (Å²) in [4.78, 5) is 7.14. The van der Waals surface area contributed by atoms with Crippen LogP contribution < -0.4 is 4.90 Å². The maximum Gasteiger partial charge on any atom is 0.0909 e. The maximum atomic E-state index is 4.79. The van der Waals surface area contributed by atoms with Gasteiger partial charge in [-0.05, 0) is 58.7 Å². The van der Waals surface area contributed by atoms with Crippen LogP contribution in [0.25, 0.3) is 42.6 Å². The van der Waals surface area contributed by atoms with Crippen LogP contribution in [0.5, 0.6) is 0 Å². The van der Waals surface area contributed by atoms with Crippen molar-refractivity contribution in [2.75, 3.05) is 4.90 Å². The standard InChI is InChI=1S/C35H24N2S/c1-3-9-25(10-4-1)27-15-19-29(20-16-27)37(30-21-17-28(18-22-30)26-11-5-2-6-12-26)32-23-24-36-34-31-13-7-8-14-33(31)38-35(32)34/h1-24H. The van der Waals surface area contributed by atoms with Gasteiger partial charge in [-0.25, -0.2) is 0 Å². The van der Waals surface area contributed by atoms with E-state index < -0.39 is 0 Å². The molecule has 5 aromatic carbocycles. The van der Waals surface area contributed by atoms with Gasteiger partial charge in [-0.15, -0.1) is 11.3 Å². The van der Waals surface area contributed by atoms with E-state index in [2.05, 4.69) is 144 Å². The molecule has 0 aliphatic carbocycles. The summed E-state index contributed by atoms with van der Waals surface area (Å²) in [6.07, 6.45) is 1.93. The number of rotatable bonds is 5.